The van der Waals surface area contributed by atoms with Crippen molar-refractivity contribution >= 4 is 23.2 Å². The number of hydrogen-bond donors (Lipinski definition) is 0. The van der Waals surface area contributed by atoms with Crippen molar-refractivity contribution in [3.63, 3.8) is 0 Å². The number of thiazole rings is 1. The average molecular weight is 269 g/mol. The lowest BCUT2D eigenvalue weighted by Gasteiger charge is -2.32. The zero-order valence-corrected chi connectivity index (χ0v) is 12.7. The highest BCUT2D eigenvalue weighted by Gasteiger charge is 2.52. The van der Waals surface area contributed by atoms with Crippen LogP contribution in [0, 0.1) is 6.92 Å². The Hall–Kier alpha value is -0.585. The van der Waals surface area contributed by atoms with Crippen LogP contribution in [0.1, 0.15) is 40.3 Å². The van der Waals surface area contributed by atoms with Crippen LogP contribution in [-0.4, -0.2) is 29.9 Å². The molecule has 6 heteroatoms. The summed E-state index contributed by atoms with van der Waals surface area (Å²) in [5.74, 6) is 0. The Bertz CT molecular complexity index is 429. The predicted octanol–water partition coefficient (Wildman–Crippen LogP) is 2.15. The standard InChI is InChI=1S/C12H20BNO3S/c1-7-15-10-14-8(2)9(18-10)13-16-11(3,4)12(5,6)17-13/h7H2,1-6H3. The zero-order valence-electron chi connectivity index (χ0n) is 11.9. The van der Waals surface area contributed by atoms with E-state index in [2.05, 4.69) is 4.98 Å². The van der Waals surface area contributed by atoms with Gasteiger partial charge in [-0.2, -0.15) is 0 Å². The number of ether oxygens (including phenoxy) is 1. The molecule has 1 fully saturated rings. The third kappa shape index (κ3) is 2.29. The highest BCUT2D eigenvalue weighted by atomic mass is 32.1. The van der Waals surface area contributed by atoms with Crippen LogP contribution in [0.3, 0.4) is 0 Å². The summed E-state index contributed by atoms with van der Waals surface area (Å²) >= 11 is 1.50. The molecular weight excluding hydrogens is 249 g/mol. The maximum absolute atomic E-state index is 6.02. The molecular formula is C12H20BNO3S. The lowest BCUT2D eigenvalue weighted by atomic mass is 9.86. The Kier molecular flexibility index (Phi) is 3.47. The molecule has 0 radical (unpaired) electrons. The van der Waals surface area contributed by atoms with Gasteiger partial charge in [0, 0.05) is 0 Å². The Morgan fingerprint density at radius 1 is 1.22 bits per heavy atom. The molecule has 0 saturated carbocycles. The summed E-state index contributed by atoms with van der Waals surface area (Å²) in [5, 5.41) is 0.680. The molecule has 1 aromatic heterocycles. The smallest absolute Gasteiger partial charge is 0.470 e. The van der Waals surface area contributed by atoms with Crippen LogP contribution < -0.4 is 9.51 Å². The van der Waals surface area contributed by atoms with E-state index in [1.807, 2.05) is 41.5 Å². The number of aryl methyl sites for hydroxylation is 1. The van der Waals surface area contributed by atoms with Gasteiger partial charge in [-0.1, -0.05) is 11.3 Å². The number of aromatic nitrogens is 1. The van der Waals surface area contributed by atoms with Gasteiger partial charge in [0.05, 0.1) is 28.3 Å². The predicted molar refractivity (Wildman–Crippen MR) is 73.7 cm³/mol. The second-order valence-electron chi connectivity index (χ2n) is 5.45. The van der Waals surface area contributed by atoms with E-state index >= 15 is 0 Å². The van der Waals surface area contributed by atoms with E-state index in [9.17, 15) is 0 Å². The minimum atomic E-state index is -0.346. The topological polar surface area (TPSA) is 40.6 Å². The molecule has 1 saturated heterocycles. The SMILES string of the molecule is CCOc1nc(C)c(B2OC(C)(C)C(C)(C)O2)s1. The second-order valence-corrected chi connectivity index (χ2v) is 6.44. The van der Waals surface area contributed by atoms with E-state index in [4.69, 9.17) is 14.0 Å². The maximum atomic E-state index is 6.02. The molecule has 0 aliphatic carbocycles. The van der Waals surface area contributed by atoms with E-state index in [-0.39, 0.29) is 18.3 Å². The molecule has 100 valence electrons. The first kappa shape index (κ1) is 13.8. The van der Waals surface area contributed by atoms with E-state index in [1.54, 1.807) is 0 Å². The van der Waals surface area contributed by atoms with Gasteiger partial charge in [0.25, 0.3) is 5.19 Å². The summed E-state index contributed by atoms with van der Waals surface area (Å²) in [6, 6.07) is 0. The fourth-order valence-electron chi connectivity index (χ4n) is 1.74. The Balaban J connectivity index is 2.24. The van der Waals surface area contributed by atoms with Crippen molar-refractivity contribution in [2.24, 2.45) is 0 Å². The molecule has 0 bridgehead atoms. The summed E-state index contributed by atoms with van der Waals surface area (Å²) in [4.78, 5) is 4.38. The van der Waals surface area contributed by atoms with E-state index in [1.165, 1.54) is 11.3 Å². The monoisotopic (exact) mass is 269 g/mol. The van der Waals surface area contributed by atoms with Crippen molar-refractivity contribution in [1.82, 2.24) is 4.98 Å². The van der Waals surface area contributed by atoms with Gasteiger partial charge in [0.2, 0.25) is 0 Å². The molecule has 0 atom stereocenters. The molecule has 0 N–H and O–H groups in total. The van der Waals surface area contributed by atoms with Gasteiger partial charge in [-0.3, -0.25) is 0 Å². The number of hydrogen-bond acceptors (Lipinski definition) is 5. The summed E-state index contributed by atoms with van der Waals surface area (Å²) in [6.45, 7) is 12.7. The third-order valence-corrected chi connectivity index (χ3v) is 4.64. The van der Waals surface area contributed by atoms with Crippen molar-refractivity contribution in [3.05, 3.63) is 5.69 Å². The van der Waals surface area contributed by atoms with Crippen molar-refractivity contribution in [1.29, 1.82) is 0 Å². The largest absolute Gasteiger partial charge is 0.507 e. The quantitative estimate of drug-likeness (QED) is 0.788. The van der Waals surface area contributed by atoms with Crippen molar-refractivity contribution in [2.75, 3.05) is 6.61 Å². The fraction of sp³-hybridized carbons (Fsp3) is 0.750. The zero-order chi connectivity index (χ0) is 13.6. The first-order chi connectivity index (χ1) is 8.27. The van der Waals surface area contributed by atoms with E-state index in [0.29, 0.717) is 11.8 Å². The molecule has 1 aromatic rings. The second kappa shape index (κ2) is 4.51. The Morgan fingerprint density at radius 3 is 2.28 bits per heavy atom. The minimum Gasteiger partial charge on any atom is -0.470 e. The van der Waals surface area contributed by atoms with Crippen LogP contribution in [-0.2, 0) is 9.31 Å². The number of rotatable bonds is 3. The molecule has 2 rings (SSSR count). The summed E-state index contributed by atoms with van der Waals surface area (Å²) in [5.41, 5.74) is 0.279. The molecule has 1 aliphatic rings. The summed E-state index contributed by atoms with van der Waals surface area (Å²) in [6.07, 6.45) is 0. The van der Waals surface area contributed by atoms with Gasteiger partial charge in [0.15, 0.2) is 0 Å². The van der Waals surface area contributed by atoms with Crippen LogP contribution in [0.15, 0.2) is 0 Å². The summed E-state index contributed by atoms with van der Waals surface area (Å²) in [7, 11) is -0.346. The van der Waals surface area contributed by atoms with E-state index < -0.39 is 0 Å². The molecule has 0 amide bonds. The normalized spacial score (nSPS) is 21.3. The molecule has 4 nitrogen and oxygen atoms in total. The van der Waals surface area contributed by atoms with Crippen molar-refractivity contribution < 1.29 is 14.0 Å². The third-order valence-electron chi connectivity index (χ3n) is 3.55. The average Bonchev–Trinajstić information content (AvgIpc) is 2.66. The van der Waals surface area contributed by atoms with Gasteiger partial charge in [-0.25, -0.2) is 4.98 Å². The Labute approximate surface area is 113 Å². The van der Waals surface area contributed by atoms with Crippen LogP contribution in [0.25, 0.3) is 0 Å². The molecule has 18 heavy (non-hydrogen) atoms. The minimum absolute atomic E-state index is 0.320. The molecule has 2 heterocycles. The number of nitrogens with zero attached hydrogens (tertiary/aromatic N) is 1. The van der Waals surface area contributed by atoms with Gasteiger partial charge >= 0.3 is 7.12 Å². The van der Waals surface area contributed by atoms with Crippen LogP contribution >= 0.6 is 11.3 Å². The summed E-state index contributed by atoms with van der Waals surface area (Å²) < 4.78 is 18.5. The van der Waals surface area contributed by atoms with Gasteiger partial charge in [0.1, 0.15) is 0 Å². The van der Waals surface area contributed by atoms with Crippen LogP contribution in [0.2, 0.25) is 0 Å². The van der Waals surface area contributed by atoms with Gasteiger partial charge in [-0.05, 0) is 41.5 Å². The van der Waals surface area contributed by atoms with Gasteiger partial charge in [-0.15, -0.1) is 0 Å². The molecule has 1 aliphatic heterocycles. The van der Waals surface area contributed by atoms with Crippen LogP contribution in [0.5, 0.6) is 5.19 Å². The highest BCUT2D eigenvalue weighted by Crippen LogP contribution is 2.37. The van der Waals surface area contributed by atoms with Crippen molar-refractivity contribution in [3.8, 4) is 5.19 Å². The van der Waals surface area contributed by atoms with Gasteiger partial charge < -0.3 is 14.0 Å². The highest BCUT2D eigenvalue weighted by molar-refractivity contribution is 7.23. The van der Waals surface area contributed by atoms with E-state index in [0.717, 1.165) is 10.5 Å². The van der Waals surface area contributed by atoms with Crippen molar-refractivity contribution in [2.45, 2.75) is 52.7 Å². The first-order valence-electron chi connectivity index (χ1n) is 6.22. The lowest BCUT2D eigenvalue weighted by molar-refractivity contribution is 0.00578. The molecule has 0 spiro atoms. The molecule has 0 unspecified atom stereocenters. The fourth-order valence-corrected chi connectivity index (χ4v) is 2.67. The first-order valence-corrected chi connectivity index (χ1v) is 7.04. The molecule has 0 aromatic carbocycles. The lowest BCUT2D eigenvalue weighted by Crippen LogP contribution is -2.41. The Morgan fingerprint density at radius 2 is 1.78 bits per heavy atom. The van der Waals surface area contributed by atoms with Crippen LogP contribution in [0.4, 0.5) is 0 Å². The maximum Gasteiger partial charge on any atom is 0.507 e.